The van der Waals surface area contributed by atoms with E-state index in [0.29, 0.717) is 18.2 Å². The summed E-state index contributed by atoms with van der Waals surface area (Å²) < 4.78 is 0. The van der Waals surface area contributed by atoms with Crippen molar-refractivity contribution in [1.29, 1.82) is 0 Å². The highest BCUT2D eigenvalue weighted by Gasteiger charge is 2.40. The first kappa shape index (κ1) is 16.2. The van der Waals surface area contributed by atoms with Crippen LogP contribution in [0.5, 0.6) is 0 Å². The van der Waals surface area contributed by atoms with Gasteiger partial charge in [0.1, 0.15) is 5.54 Å². The standard InChI is InChI=1S/C13H22N6O.ClH/c20-11(4-3-10-5-8-14-9-10)15-13(6-1-2-7-13)12-16-18-19-17-12;/h10,14H,1-9H2,(H,15,20)(H,16,17,18,19);1H. The summed E-state index contributed by atoms with van der Waals surface area (Å²) in [6.07, 6.45) is 6.74. The summed E-state index contributed by atoms with van der Waals surface area (Å²) in [7, 11) is 0. The van der Waals surface area contributed by atoms with E-state index >= 15 is 0 Å². The van der Waals surface area contributed by atoms with Gasteiger partial charge in [0.2, 0.25) is 5.91 Å². The minimum absolute atomic E-state index is 0. The molecule has 2 heterocycles. The molecule has 0 spiro atoms. The van der Waals surface area contributed by atoms with Crippen LogP contribution in [0.2, 0.25) is 0 Å². The van der Waals surface area contributed by atoms with Crippen LogP contribution in [0.4, 0.5) is 0 Å². The molecule has 1 atom stereocenters. The fourth-order valence-electron chi connectivity index (χ4n) is 3.37. The van der Waals surface area contributed by atoms with Gasteiger partial charge in [-0.25, -0.2) is 0 Å². The highest BCUT2D eigenvalue weighted by Crippen LogP contribution is 2.36. The van der Waals surface area contributed by atoms with Gasteiger partial charge < -0.3 is 10.6 Å². The average molecular weight is 315 g/mol. The van der Waals surface area contributed by atoms with Gasteiger partial charge in [-0.1, -0.05) is 18.1 Å². The van der Waals surface area contributed by atoms with Gasteiger partial charge >= 0.3 is 0 Å². The molecule has 1 aromatic heterocycles. The number of nitrogens with one attached hydrogen (secondary N) is 3. The predicted molar refractivity (Wildman–Crippen MR) is 79.9 cm³/mol. The molecular formula is C13H23ClN6O. The van der Waals surface area contributed by atoms with Gasteiger partial charge in [0, 0.05) is 6.42 Å². The Labute approximate surface area is 130 Å². The van der Waals surface area contributed by atoms with Gasteiger partial charge in [-0.15, -0.1) is 22.6 Å². The number of H-pyrrole nitrogens is 1. The van der Waals surface area contributed by atoms with E-state index in [2.05, 4.69) is 31.3 Å². The molecule has 1 aromatic rings. The molecule has 0 bridgehead atoms. The zero-order valence-corrected chi connectivity index (χ0v) is 12.9. The van der Waals surface area contributed by atoms with Crippen LogP contribution in [0.1, 0.15) is 50.8 Å². The minimum Gasteiger partial charge on any atom is -0.343 e. The average Bonchev–Trinajstić information content (AvgIpc) is 3.18. The van der Waals surface area contributed by atoms with Crippen molar-refractivity contribution in [2.24, 2.45) is 5.92 Å². The topological polar surface area (TPSA) is 95.6 Å². The molecule has 0 aromatic carbocycles. The molecular weight excluding hydrogens is 292 g/mol. The number of nitrogens with zero attached hydrogens (tertiary/aromatic N) is 3. The number of halogens is 1. The molecule has 2 fully saturated rings. The minimum atomic E-state index is -0.391. The van der Waals surface area contributed by atoms with Gasteiger partial charge in [-0.2, -0.15) is 5.21 Å². The molecule has 8 heteroatoms. The van der Waals surface area contributed by atoms with Gasteiger partial charge in [0.05, 0.1) is 0 Å². The van der Waals surface area contributed by atoms with E-state index in [-0.39, 0.29) is 18.3 Å². The van der Waals surface area contributed by atoms with E-state index in [1.165, 1.54) is 6.42 Å². The van der Waals surface area contributed by atoms with Crippen molar-refractivity contribution in [1.82, 2.24) is 31.3 Å². The third-order valence-electron chi connectivity index (χ3n) is 4.55. The number of hydrogen-bond donors (Lipinski definition) is 3. The quantitative estimate of drug-likeness (QED) is 0.750. The number of carbonyl (C=O) groups is 1. The molecule has 1 aliphatic carbocycles. The van der Waals surface area contributed by atoms with Crippen LogP contribution in [0.25, 0.3) is 0 Å². The fourth-order valence-corrected chi connectivity index (χ4v) is 3.37. The molecule has 7 nitrogen and oxygen atoms in total. The molecule has 3 rings (SSSR count). The number of carbonyl (C=O) groups excluding carboxylic acids is 1. The Bertz CT molecular complexity index is 440. The van der Waals surface area contributed by atoms with Crippen LogP contribution in [0.15, 0.2) is 0 Å². The van der Waals surface area contributed by atoms with Crippen LogP contribution in [-0.4, -0.2) is 39.6 Å². The number of aromatic amines is 1. The highest BCUT2D eigenvalue weighted by atomic mass is 35.5. The van der Waals surface area contributed by atoms with Crippen molar-refractivity contribution in [2.75, 3.05) is 13.1 Å². The lowest BCUT2D eigenvalue weighted by Gasteiger charge is -2.26. The van der Waals surface area contributed by atoms with Crippen LogP contribution in [-0.2, 0) is 10.3 Å². The summed E-state index contributed by atoms with van der Waals surface area (Å²) in [5.74, 6) is 1.39. The monoisotopic (exact) mass is 314 g/mol. The van der Waals surface area contributed by atoms with E-state index in [0.717, 1.165) is 45.2 Å². The van der Waals surface area contributed by atoms with E-state index in [4.69, 9.17) is 0 Å². The summed E-state index contributed by atoms with van der Waals surface area (Å²) in [6.45, 7) is 2.13. The van der Waals surface area contributed by atoms with Gasteiger partial charge in [0.25, 0.3) is 0 Å². The maximum Gasteiger partial charge on any atom is 0.220 e. The second kappa shape index (κ2) is 7.17. The lowest BCUT2D eigenvalue weighted by Crippen LogP contribution is -2.44. The lowest BCUT2D eigenvalue weighted by atomic mass is 9.95. The van der Waals surface area contributed by atoms with Crippen molar-refractivity contribution in [3.8, 4) is 0 Å². The molecule has 0 radical (unpaired) electrons. The number of rotatable bonds is 5. The van der Waals surface area contributed by atoms with Gasteiger partial charge in [-0.05, 0) is 44.7 Å². The third-order valence-corrected chi connectivity index (χ3v) is 4.55. The highest BCUT2D eigenvalue weighted by molar-refractivity contribution is 5.85. The van der Waals surface area contributed by atoms with Crippen molar-refractivity contribution in [2.45, 2.75) is 50.5 Å². The van der Waals surface area contributed by atoms with E-state index in [9.17, 15) is 4.79 Å². The molecule has 118 valence electrons. The third kappa shape index (κ3) is 3.71. The molecule has 3 N–H and O–H groups in total. The smallest absolute Gasteiger partial charge is 0.220 e. The molecule has 1 aliphatic heterocycles. The molecule has 1 saturated heterocycles. The van der Waals surface area contributed by atoms with Gasteiger partial charge in [0.15, 0.2) is 5.82 Å². The second-order valence-electron chi connectivity index (χ2n) is 5.97. The normalized spacial score (nSPS) is 23.7. The Hall–Kier alpha value is -1.21. The Morgan fingerprint density at radius 2 is 2.19 bits per heavy atom. The van der Waals surface area contributed by atoms with Crippen LogP contribution in [0, 0.1) is 5.92 Å². The number of amides is 1. The number of hydrogen-bond acceptors (Lipinski definition) is 5. The first-order chi connectivity index (χ1) is 9.78. The van der Waals surface area contributed by atoms with Crippen LogP contribution < -0.4 is 10.6 Å². The van der Waals surface area contributed by atoms with Crippen molar-refractivity contribution in [3.63, 3.8) is 0 Å². The molecule has 1 saturated carbocycles. The summed E-state index contributed by atoms with van der Waals surface area (Å²) in [5.41, 5.74) is -0.391. The zero-order valence-electron chi connectivity index (χ0n) is 12.1. The molecule has 1 unspecified atom stereocenters. The summed E-state index contributed by atoms with van der Waals surface area (Å²) >= 11 is 0. The SMILES string of the molecule is Cl.O=C(CCC1CCNC1)NC1(c2nn[nH]n2)CCCC1. The Morgan fingerprint density at radius 3 is 2.81 bits per heavy atom. The van der Waals surface area contributed by atoms with E-state index in [1.807, 2.05) is 0 Å². The lowest BCUT2D eigenvalue weighted by molar-refractivity contribution is -0.123. The number of aromatic nitrogens is 4. The predicted octanol–water partition coefficient (Wildman–Crippen LogP) is 0.897. The largest absolute Gasteiger partial charge is 0.343 e. The maximum absolute atomic E-state index is 12.2. The van der Waals surface area contributed by atoms with E-state index < -0.39 is 5.54 Å². The molecule has 1 amide bonds. The summed E-state index contributed by atoms with van der Waals surface area (Å²) in [6, 6.07) is 0. The Balaban J connectivity index is 0.00000161. The molecule has 2 aliphatic rings. The van der Waals surface area contributed by atoms with Crippen LogP contribution >= 0.6 is 12.4 Å². The summed E-state index contributed by atoms with van der Waals surface area (Å²) in [4.78, 5) is 12.2. The van der Waals surface area contributed by atoms with Crippen molar-refractivity contribution >= 4 is 18.3 Å². The van der Waals surface area contributed by atoms with Crippen molar-refractivity contribution in [3.05, 3.63) is 5.82 Å². The maximum atomic E-state index is 12.2. The van der Waals surface area contributed by atoms with Crippen molar-refractivity contribution < 1.29 is 4.79 Å². The Morgan fingerprint density at radius 1 is 1.38 bits per heavy atom. The second-order valence-corrected chi connectivity index (χ2v) is 5.97. The molecule has 21 heavy (non-hydrogen) atoms. The first-order valence-electron chi connectivity index (χ1n) is 7.54. The zero-order chi connectivity index (χ0) is 13.8. The first-order valence-corrected chi connectivity index (χ1v) is 7.54. The Kier molecular flexibility index (Phi) is 5.52. The van der Waals surface area contributed by atoms with Gasteiger partial charge in [-0.3, -0.25) is 4.79 Å². The van der Waals surface area contributed by atoms with Crippen LogP contribution in [0.3, 0.4) is 0 Å². The number of tetrazole rings is 1. The van der Waals surface area contributed by atoms with E-state index in [1.54, 1.807) is 0 Å². The summed E-state index contributed by atoms with van der Waals surface area (Å²) in [5, 5.41) is 20.8. The fraction of sp³-hybridized carbons (Fsp3) is 0.846.